The molecule has 1 fully saturated rings. The molecule has 3 N–H and O–H groups in total. The van der Waals surface area contributed by atoms with Crippen molar-refractivity contribution in [3.05, 3.63) is 29.3 Å². The van der Waals surface area contributed by atoms with E-state index < -0.39 is 0 Å². The second-order valence-electron chi connectivity index (χ2n) is 4.12. The number of nitrogens with one attached hydrogen (secondary N) is 1. The molecule has 0 aromatic heterocycles. The predicted molar refractivity (Wildman–Crippen MR) is 60.2 cm³/mol. The van der Waals surface area contributed by atoms with Crippen LogP contribution in [0.1, 0.15) is 36.4 Å². The monoisotopic (exact) mass is 190 g/mol. The summed E-state index contributed by atoms with van der Waals surface area (Å²) in [6.45, 7) is 3.29. The summed E-state index contributed by atoms with van der Waals surface area (Å²) >= 11 is 0. The molecule has 2 rings (SSSR count). The van der Waals surface area contributed by atoms with E-state index in [0.717, 1.165) is 12.2 Å². The van der Waals surface area contributed by atoms with E-state index in [2.05, 4.69) is 24.4 Å². The molecule has 2 heteroatoms. The molecule has 0 spiro atoms. The van der Waals surface area contributed by atoms with Crippen LogP contribution in [0, 0.1) is 6.92 Å². The van der Waals surface area contributed by atoms with Crippen LogP contribution in [0.15, 0.2) is 18.2 Å². The fraction of sp³-hybridized carbons (Fsp3) is 0.500. The Kier molecular flexibility index (Phi) is 2.73. The average molecular weight is 190 g/mol. The topological polar surface area (TPSA) is 38.0 Å². The van der Waals surface area contributed by atoms with E-state index in [4.69, 9.17) is 5.73 Å². The first-order valence-corrected chi connectivity index (χ1v) is 5.37. The first-order chi connectivity index (χ1) is 6.77. The van der Waals surface area contributed by atoms with E-state index in [1.807, 2.05) is 6.07 Å². The molecular weight excluding hydrogens is 172 g/mol. The Morgan fingerprint density at radius 1 is 1.36 bits per heavy atom. The molecule has 14 heavy (non-hydrogen) atoms. The van der Waals surface area contributed by atoms with E-state index in [9.17, 15) is 0 Å². The van der Waals surface area contributed by atoms with Gasteiger partial charge < -0.3 is 11.1 Å². The van der Waals surface area contributed by atoms with Gasteiger partial charge in [-0.05, 0) is 49.6 Å². The molecule has 0 amide bonds. The van der Waals surface area contributed by atoms with Gasteiger partial charge in [0.05, 0.1) is 0 Å². The van der Waals surface area contributed by atoms with E-state index in [-0.39, 0.29) is 0 Å². The minimum Gasteiger partial charge on any atom is -0.399 e. The Morgan fingerprint density at radius 3 is 2.86 bits per heavy atom. The van der Waals surface area contributed by atoms with Gasteiger partial charge in [0.2, 0.25) is 0 Å². The highest BCUT2D eigenvalue weighted by atomic mass is 14.9. The van der Waals surface area contributed by atoms with Crippen molar-refractivity contribution < 1.29 is 0 Å². The number of hydrogen-bond donors (Lipinski definition) is 2. The van der Waals surface area contributed by atoms with Crippen LogP contribution in [-0.4, -0.2) is 6.54 Å². The third-order valence-electron chi connectivity index (χ3n) is 2.98. The summed E-state index contributed by atoms with van der Waals surface area (Å²) in [5.74, 6) is 0. The Balaban J connectivity index is 2.22. The van der Waals surface area contributed by atoms with Gasteiger partial charge in [-0.3, -0.25) is 0 Å². The van der Waals surface area contributed by atoms with Gasteiger partial charge in [0.25, 0.3) is 0 Å². The second kappa shape index (κ2) is 4.01. The van der Waals surface area contributed by atoms with Gasteiger partial charge in [-0.25, -0.2) is 0 Å². The van der Waals surface area contributed by atoms with E-state index in [0.29, 0.717) is 6.04 Å². The van der Waals surface area contributed by atoms with Gasteiger partial charge in [-0.2, -0.15) is 0 Å². The number of benzene rings is 1. The van der Waals surface area contributed by atoms with Crippen molar-refractivity contribution in [1.82, 2.24) is 5.32 Å². The molecule has 1 heterocycles. The molecule has 1 aromatic rings. The largest absolute Gasteiger partial charge is 0.399 e. The molecule has 1 aliphatic heterocycles. The van der Waals surface area contributed by atoms with Gasteiger partial charge in [-0.1, -0.05) is 12.5 Å². The van der Waals surface area contributed by atoms with E-state index in [1.165, 1.54) is 30.4 Å². The van der Waals surface area contributed by atoms with Crippen molar-refractivity contribution >= 4 is 5.69 Å². The summed E-state index contributed by atoms with van der Waals surface area (Å²) in [5.41, 5.74) is 9.32. The summed E-state index contributed by atoms with van der Waals surface area (Å²) in [6, 6.07) is 6.77. The van der Waals surface area contributed by atoms with Crippen molar-refractivity contribution in [2.24, 2.45) is 0 Å². The van der Waals surface area contributed by atoms with Gasteiger partial charge in [-0.15, -0.1) is 0 Å². The molecule has 2 nitrogen and oxygen atoms in total. The molecule has 0 unspecified atom stereocenters. The number of anilines is 1. The minimum atomic E-state index is 0.546. The Morgan fingerprint density at radius 2 is 2.21 bits per heavy atom. The van der Waals surface area contributed by atoms with Gasteiger partial charge in [0.1, 0.15) is 0 Å². The van der Waals surface area contributed by atoms with Crippen LogP contribution in [0.3, 0.4) is 0 Å². The highest BCUT2D eigenvalue weighted by Gasteiger charge is 2.15. The zero-order chi connectivity index (χ0) is 9.97. The van der Waals surface area contributed by atoms with Crippen molar-refractivity contribution in [1.29, 1.82) is 0 Å². The Bertz CT molecular complexity index is 314. The normalized spacial score (nSPS) is 22.2. The SMILES string of the molecule is Cc1cc(N)ccc1[C@@H]1CCCCN1. The molecular formula is C12H18N2. The molecule has 0 saturated carbocycles. The number of nitrogen functional groups attached to an aromatic ring is 1. The second-order valence-corrected chi connectivity index (χ2v) is 4.12. The minimum absolute atomic E-state index is 0.546. The summed E-state index contributed by atoms with van der Waals surface area (Å²) in [4.78, 5) is 0. The van der Waals surface area contributed by atoms with Gasteiger partial charge >= 0.3 is 0 Å². The summed E-state index contributed by atoms with van der Waals surface area (Å²) in [7, 11) is 0. The van der Waals surface area contributed by atoms with Crippen LogP contribution in [0.4, 0.5) is 5.69 Å². The number of nitrogens with two attached hydrogens (primary N) is 1. The first-order valence-electron chi connectivity index (χ1n) is 5.37. The van der Waals surface area contributed by atoms with Crippen LogP contribution in [0.2, 0.25) is 0 Å². The van der Waals surface area contributed by atoms with Crippen molar-refractivity contribution in [3.63, 3.8) is 0 Å². The standard InChI is InChI=1S/C12H18N2/c1-9-8-10(13)5-6-11(9)12-4-2-3-7-14-12/h5-6,8,12,14H,2-4,7,13H2,1H3/t12-/m0/s1. The van der Waals surface area contributed by atoms with Crippen LogP contribution in [-0.2, 0) is 0 Å². The summed E-state index contributed by atoms with van der Waals surface area (Å²) < 4.78 is 0. The smallest absolute Gasteiger partial charge is 0.0322 e. The van der Waals surface area contributed by atoms with Crippen LogP contribution in [0.5, 0.6) is 0 Å². The molecule has 1 aliphatic rings. The number of rotatable bonds is 1. The summed E-state index contributed by atoms with van der Waals surface area (Å²) in [5, 5.41) is 3.55. The number of piperidine rings is 1. The number of hydrogen-bond acceptors (Lipinski definition) is 2. The lowest BCUT2D eigenvalue weighted by Crippen LogP contribution is -2.27. The fourth-order valence-corrected chi connectivity index (χ4v) is 2.21. The lowest BCUT2D eigenvalue weighted by Gasteiger charge is -2.25. The van der Waals surface area contributed by atoms with E-state index >= 15 is 0 Å². The fourth-order valence-electron chi connectivity index (χ4n) is 2.21. The molecule has 0 aliphatic carbocycles. The van der Waals surface area contributed by atoms with Crippen LogP contribution >= 0.6 is 0 Å². The van der Waals surface area contributed by atoms with Crippen molar-refractivity contribution in [3.8, 4) is 0 Å². The third kappa shape index (κ3) is 1.90. The third-order valence-corrected chi connectivity index (χ3v) is 2.98. The lowest BCUT2D eigenvalue weighted by atomic mass is 9.94. The zero-order valence-corrected chi connectivity index (χ0v) is 8.72. The molecule has 0 bridgehead atoms. The molecule has 1 saturated heterocycles. The highest BCUT2D eigenvalue weighted by Crippen LogP contribution is 2.26. The molecule has 0 radical (unpaired) electrons. The summed E-state index contributed by atoms with van der Waals surface area (Å²) in [6.07, 6.45) is 3.90. The molecule has 1 atom stereocenters. The Labute approximate surface area is 85.5 Å². The van der Waals surface area contributed by atoms with Crippen LogP contribution in [0.25, 0.3) is 0 Å². The lowest BCUT2D eigenvalue weighted by molar-refractivity contribution is 0.411. The quantitative estimate of drug-likeness (QED) is 0.667. The Hall–Kier alpha value is -1.02. The van der Waals surface area contributed by atoms with Gasteiger partial charge in [0.15, 0.2) is 0 Å². The van der Waals surface area contributed by atoms with Crippen molar-refractivity contribution in [2.45, 2.75) is 32.2 Å². The first kappa shape index (κ1) is 9.53. The average Bonchev–Trinajstić information content (AvgIpc) is 2.19. The maximum absolute atomic E-state index is 5.74. The predicted octanol–water partition coefficient (Wildman–Crippen LogP) is 2.39. The van der Waals surface area contributed by atoms with Crippen LogP contribution < -0.4 is 11.1 Å². The highest BCUT2D eigenvalue weighted by molar-refractivity contribution is 5.45. The van der Waals surface area contributed by atoms with Crippen molar-refractivity contribution in [2.75, 3.05) is 12.3 Å². The molecule has 1 aromatic carbocycles. The zero-order valence-electron chi connectivity index (χ0n) is 8.72. The van der Waals surface area contributed by atoms with Gasteiger partial charge in [0, 0.05) is 11.7 Å². The van der Waals surface area contributed by atoms with E-state index in [1.54, 1.807) is 0 Å². The maximum Gasteiger partial charge on any atom is 0.0322 e. The molecule has 76 valence electrons. The number of aryl methyl sites for hydroxylation is 1. The maximum atomic E-state index is 5.74.